The number of carbonyl (C=O) groups is 1. The van der Waals surface area contributed by atoms with Gasteiger partial charge in [0.2, 0.25) is 0 Å². The van der Waals surface area contributed by atoms with Crippen LogP contribution in [0.15, 0.2) is 73.0 Å². The van der Waals surface area contributed by atoms with Crippen LogP contribution in [0.3, 0.4) is 0 Å². The number of hydrogen-bond acceptors (Lipinski definition) is 6. The van der Waals surface area contributed by atoms with Crippen LogP contribution in [0.1, 0.15) is 6.92 Å². The molecule has 2 rings (SSSR count). The van der Waals surface area contributed by atoms with E-state index < -0.39 is 13.8 Å². The lowest BCUT2D eigenvalue weighted by Crippen LogP contribution is -2.03. The number of hydrogen-bond donors (Lipinski definition) is 0. The minimum Gasteiger partial charge on any atom is -0.463 e. The summed E-state index contributed by atoms with van der Waals surface area (Å²) in [4.78, 5) is 11.3. The Morgan fingerprint density at radius 2 is 1.46 bits per heavy atom. The highest BCUT2D eigenvalue weighted by molar-refractivity contribution is 7.49. The molecule has 0 N–H and O–H groups in total. The van der Waals surface area contributed by atoms with E-state index in [1.165, 1.54) is 0 Å². The molecule has 0 fully saturated rings. The highest BCUT2D eigenvalue weighted by Gasteiger charge is 2.31. The van der Waals surface area contributed by atoms with Crippen LogP contribution in [0.2, 0.25) is 0 Å². The lowest BCUT2D eigenvalue weighted by atomic mass is 10.3. The van der Waals surface area contributed by atoms with Gasteiger partial charge in [-0.25, -0.2) is 4.79 Å². The van der Waals surface area contributed by atoms with Crippen molar-refractivity contribution in [1.29, 1.82) is 0 Å². The Labute approximate surface area is 140 Å². The maximum atomic E-state index is 12.8. The van der Waals surface area contributed by atoms with Gasteiger partial charge in [0.25, 0.3) is 0 Å². The molecule has 0 amide bonds. The largest absolute Gasteiger partial charge is 0.646 e. The van der Waals surface area contributed by atoms with Crippen LogP contribution in [-0.4, -0.2) is 12.6 Å². The van der Waals surface area contributed by atoms with Gasteiger partial charge >= 0.3 is 13.8 Å². The number of phosphoric acid groups is 1. The summed E-state index contributed by atoms with van der Waals surface area (Å²) in [6, 6.07) is 16.9. The number of phosphoric ester groups is 1. The Hall–Kier alpha value is -2.72. The topological polar surface area (TPSA) is 71.1 Å². The minimum absolute atomic E-state index is 0.224. The fourth-order valence-electron chi connectivity index (χ4n) is 1.63. The molecule has 0 radical (unpaired) electrons. The molecule has 2 aromatic rings. The van der Waals surface area contributed by atoms with Gasteiger partial charge < -0.3 is 18.3 Å². The van der Waals surface area contributed by atoms with Crippen molar-refractivity contribution in [3.63, 3.8) is 0 Å². The van der Waals surface area contributed by atoms with Crippen molar-refractivity contribution >= 4 is 13.8 Å². The van der Waals surface area contributed by atoms with Crippen LogP contribution in [-0.2, 0) is 18.6 Å². The summed E-state index contributed by atoms with van der Waals surface area (Å²) in [7, 11) is -4.03. The lowest BCUT2D eigenvalue weighted by molar-refractivity contribution is -0.137. The van der Waals surface area contributed by atoms with E-state index in [0.717, 1.165) is 12.3 Å². The molecule has 0 spiro atoms. The van der Waals surface area contributed by atoms with Gasteiger partial charge in [-0.2, -0.15) is 4.57 Å². The Bertz CT molecular complexity index is 669. The normalized spacial score (nSPS) is 11.0. The molecular weight excluding hydrogens is 331 g/mol. The molecule has 0 heterocycles. The van der Waals surface area contributed by atoms with E-state index in [2.05, 4.69) is 0 Å². The summed E-state index contributed by atoms with van der Waals surface area (Å²) in [5, 5.41) is 0. The molecule has 0 bridgehead atoms. The summed E-state index contributed by atoms with van der Waals surface area (Å²) in [6.45, 7) is 1.90. The van der Waals surface area contributed by atoms with Crippen LogP contribution in [0, 0.1) is 0 Å². The van der Waals surface area contributed by atoms with E-state index in [1.54, 1.807) is 67.6 Å². The first kappa shape index (κ1) is 17.6. The first-order valence-corrected chi connectivity index (χ1v) is 8.68. The van der Waals surface area contributed by atoms with Gasteiger partial charge in [-0.15, -0.1) is 0 Å². The maximum absolute atomic E-state index is 12.8. The summed E-state index contributed by atoms with van der Waals surface area (Å²) >= 11 is 0. The molecule has 2 aromatic carbocycles. The molecule has 0 unspecified atom stereocenters. The SMILES string of the molecule is CCOC(=O)/C=C\OP(=O)(Oc1ccccc1)Oc1ccccc1. The van der Waals surface area contributed by atoms with Crippen molar-refractivity contribution in [2.75, 3.05) is 6.61 Å². The van der Waals surface area contributed by atoms with Crippen molar-refractivity contribution in [2.24, 2.45) is 0 Å². The van der Waals surface area contributed by atoms with Crippen LogP contribution in [0.4, 0.5) is 0 Å². The highest BCUT2D eigenvalue weighted by atomic mass is 31.2. The lowest BCUT2D eigenvalue weighted by Gasteiger charge is -2.17. The first-order valence-electron chi connectivity index (χ1n) is 7.22. The molecule has 126 valence electrons. The molecule has 0 aliphatic rings. The maximum Gasteiger partial charge on any atom is 0.646 e. The van der Waals surface area contributed by atoms with Gasteiger partial charge in [0.05, 0.1) is 12.7 Å². The van der Waals surface area contributed by atoms with Crippen molar-refractivity contribution in [1.82, 2.24) is 0 Å². The smallest absolute Gasteiger partial charge is 0.463 e. The van der Waals surface area contributed by atoms with Crippen molar-refractivity contribution in [3.8, 4) is 11.5 Å². The summed E-state index contributed by atoms with van der Waals surface area (Å²) in [5.74, 6) is -0.00827. The summed E-state index contributed by atoms with van der Waals surface area (Å²) in [5.41, 5.74) is 0. The van der Waals surface area contributed by atoms with Crippen LogP contribution < -0.4 is 9.05 Å². The second-order valence-electron chi connectivity index (χ2n) is 4.42. The van der Waals surface area contributed by atoms with Crippen molar-refractivity contribution in [3.05, 3.63) is 73.0 Å². The van der Waals surface area contributed by atoms with Crippen LogP contribution >= 0.6 is 7.82 Å². The number of para-hydroxylation sites is 2. The zero-order valence-electron chi connectivity index (χ0n) is 13.0. The van der Waals surface area contributed by atoms with Crippen LogP contribution in [0.25, 0.3) is 0 Å². The number of ether oxygens (including phenoxy) is 1. The molecule has 24 heavy (non-hydrogen) atoms. The van der Waals surface area contributed by atoms with Crippen molar-refractivity contribution in [2.45, 2.75) is 6.92 Å². The van der Waals surface area contributed by atoms with E-state index in [9.17, 15) is 9.36 Å². The van der Waals surface area contributed by atoms with E-state index >= 15 is 0 Å². The second-order valence-corrected chi connectivity index (χ2v) is 5.89. The monoisotopic (exact) mass is 348 g/mol. The third kappa shape index (κ3) is 5.82. The fraction of sp³-hybridized carbons (Fsp3) is 0.118. The zero-order chi connectivity index (χ0) is 17.3. The second kappa shape index (κ2) is 8.79. The zero-order valence-corrected chi connectivity index (χ0v) is 13.9. The molecule has 7 heteroatoms. The number of carbonyl (C=O) groups excluding carboxylic acids is 1. The van der Waals surface area contributed by atoms with Crippen molar-refractivity contribution < 1.29 is 27.7 Å². The van der Waals surface area contributed by atoms with Gasteiger partial charge in [-0.3, -0.25) is 0 Å². The number of rotatable bonds is 8. The number of esters is 1. The predicted octanol–water partition coefficient (Wildman–Crippen LogP) is 4.35. The average Bonchev–Trinajstić information content (AvgIpc) is 2.56. The van der Waals surface area contributed by atoms with E-state index in [1.807, 2.05) is 0 Å². The fourth-order valence-corrected chi connectivity index (χ4v) is 2.73. The molecule has 0 saturated heterocycles. The van der Waals surface area contributed by atoms with Gasteiger partial charge in [0, 0.05) is 0 Å². The molecule has 0 aliphatic heterocycles. The molecule has 0 atom stereocenters. The molecule has 0 aliphatic carbocycles. The standard InChI is InChI=1S/C17H17O6P/c1-2-20-17(18)13-14-21-24(19,22-15-9-5-3-6-10-15)23-16-11-7-4-8-12-16/h3-14H,2H2,1H3/b14-13-. The molecule has 0 aromatic heterocycles. The summed E-state index contributed by atoms with van der Waals surface area (Å²) in [6.07, 6.45) is 1.93. The van der Waals surface area contributed by atoms with Crippen LogP contribution in [0.5, 0.6) is 11.5 Å². The minimum atomic E-state index is -4.03. The molecule has 6 nitrogen and oxygen atoms in total. The Morgan fingerprint density at radius 1 is 0.958 bits per heavy atom. The van der Waals surface area contributed by atoms with E-state index in [4.69, 9.17) is 18.3 Å². The summed E-state index contributed by atoms with van der Waals surface area (Å²) < 4.78 is 33.3. The van der Waals surface area contributed by atoms with Gasteiger partial charge in [0.1, 0.15) is 17.8 Å². The highest BCUT2D eigenvalue weighted by Crippen LogP contribution is 2.49. The average molecular weight is 348 g/mol. The van der Waals surface area contributed by atoms with Gasteiger partial charge in [-0.05, 0) is 31.2 Å². The quantitative estimate of drug-likeness (QED) is 0.306. The first-order chi connectivity index (χ1) is 11.6. The van der Waals surface area contributed by atoms with E-state index in [-0.39, 0.29) is 6.61 Å². The Kier molecular flexibility index (Phi) is 6.46. The van der Waals surface area contributed by atoms with E-state index in [0.29, 0.717) is 11.5 Å². The molecular formula is C17H17O6P. The Morgan fingerprint density at radius 3 is 1.92 bits per heavy atom. The Balaban J connectivity index is 2.14. The molecule has 0 saturated carbocycles. The number of benzene rings is 2. The third-order valence-corrected chi connectivity index (χ3v) is 3.85. The van der Waals surface area contributed by atoms with Gasteiger partial charge in [0.15, 0.2) is 0 Å². The van der Waals surface area contributed by atoms with Gasteiger partial charge in [-0.1, -0.05) is 36.4 Å². The predicted molar refractivity (Wildman–Crippen MR) is 88.6 cm³/mol. The third-order valence-electron chi connectivity index (χ3n) is 2.60.